The van der Waals surface area contributed by atoms with Gasteiger partial charge in [-0.1, -0.05) is 0 Å². The smallest absolute Gasteiger partial charge is 0.328 e. The fourth-order valence-electron chi connectivity index (χ4n) is 2.51. The number of amides is 1. The van der Waals surface area contributed by atoms with E-state index in [2.05, 4.69) is 15.3 Å². The topological polar surface area (TPSA) is 106 Å². The summed E-state index contributed by atoms with van der Waals surface area (Å²) < 4.78 is 6.24. The second kappa shape index (κ2) is 6.60. The predicted molar refractivity (Wildman–Crippen MR) is 93.2 cm³/mol. The average Bonchev–Trinajstić information content (AvgIpc) is 2.62. The van der Waals surface area contributed by atoms with Crippen molar-refractivity contribution in [2.75, 3.05) is 12.4 Å². The summed E-state index contributed by atoms with van der Waals surface area (Å²) in [5.41, 5.74) is -0.312. The largest absolute Gasteiger partial charge is 0.493 e. The van der Waals surface area contributed by atoms with E-state index in [-0.39, 0.29) is 23.5 Å². The first-order chi connectivity index (χ1) is 12.0. The van der Waals surface area contributed by atoms with Gasteiger partial charge in [0.15, 0.2) is 11.6 Å². The van der Waals surface area contributed by atoms with Crippen LogP contribution in [-0.4, -0.2) is 27.6 Å². The molecular formula is C17H16N4O4. The Morgan fingerprint density at radius 3 is 2.84 bits per heavy atom. The monoisotopic (exact) mass is 340 g/mol. The molecule has 0 atom stereocenters. The van der Waals surface area contributed by atoms with Gasteiger partial charge in [0.2, 0.25) is 0 Å². The van der Waals surface area contributed by atoms with Gasteiger partial charge in [0.25, 0.3) is 11.5 Å². The minimum atomic E-state index is -0.510. The SMILES string of the molecule is CCn1c(=O)[nH]c2cc(C(=O)Nc3ncccc3OC)ccc2c1=O. The molecular weight excluding hydrogens is 324 g/mol. The minimum Gasteiger partial charge on any atom is -0.493 e. The van der Waals surface area contributed by atoms with Crippen molar-refractivity contribution in [3.8, 4) is 5.75 Å². The molecule has 0 radical (unpaired) electrons. The van der Waals surface area contributed by atoms with Crippen molar-refractivity contribution in [2.24, 2.45) is 0 Å². The van der Waals surface area contributed by atoms with Crippen LogP contribution < -0.4 is 21.3 Å². The van der Waals surface area contributed by atoms with E-state index in [9.17, 15) is 14.4 Å². The lowest BCUT2D eigenvalue weighted by molar-refractivity contribution is 0.102. The fraction of sp³-hybridized carbons (Fsp3) is 0.176. The van der Waals surface area contributed by atoms with Crippen molar-refractivity contribution in [1.82, 2.24) is 14.5 Å². The Morgan fingerprint density at radius 2 is 2.12 bits per heavy atom. The maximum Gasteiger partial charge on any atom is 0.328 e. The fourth-order valence-corrected chi connectivity index (χ4v) is 2.51. The number of fused-ring (bicyclic) bond motifs is 1. The normalized spacial score (nSPS) is 10.6. The van der Waals surface area contributed by atoms with E-state index in [4.69, 9.17) is 4.74 Å². The summed E-state index contributed by atoms with van der Waals surface area (Å²) >= 11 is 0. The summed E-state index contributed by atoms with van der Waals surface area (Å²) in [4.78, 5) is 43.3. The number of pyridine rings is 1. The lowest BCUT2D eigenvalue weighted by Gasteiger charge is -2.09. The number of nitrogens with zero attached hydrogens (tertiary/aromatic N) is 2. The molecule has 128 valence electrons. The number of nitrogens with one attached hydrogen (secondary N) is 2. The van der Waals surface area contributed by atoms with Gasteiger partial charge >= 0.3 is 5.69 Å². The van der Waals surface area contributed by atoms with Crippen molar-refractivity contribution in [1.29, 1.82) is 0 Å². The van der Waals surface area contributed by atoms with Gasteiger partial charge in [-0.2, -0.15) is 0 Å². The van der Waals surface area contributed by atoms with Crippen LogP contribution in [0.15, 0.2) is 46.1 Å². The van der Waals surface area contributed by atoms with Crippen molar-refractivity contribution >= 4 is 22.6 Å². The Kier molecular flexibility index (Phi) is 4.34. The molecule has 0 aliphatic heterocycles. The standard InChI is InChI=1S/C17H16N4O4/c1-3-21-16(23)11-7-6-10(9-12(11)19-17(21)24)15(22)20-14-13(25-2)5-4-8-18-14/h4-9H,3H2,1-2H3,(H,19,24)(H,18,20,22). The van der Waals surface area contributed by atoms with Crippen LogP contribution in [0.2, 0.25) is 0 Å². The quantitative estimate of drug-likeness (QED) is 0.746. The number of hydrogen-bond acceptors (Lipinski definition) is 5. The number of benzene rings is 1. The van der Waals surface area contributed by atoms with Crippen LogP contribution >= 0.6 is 0 Å². The average molecular weight is 340 g/mol. The maximum atomic E-state index is 12.4. The third kappa shape index (κ3) is 3.01. The van der Waals surface area contributed by atoms with Crippen LogP contribution in [0, 0.1) is 0 Å². The number of anilines is 1. The third-order valence-electron chi connectivity index (χ3n) is 3.78. The van der Waals surface area contributed by atoms with E-state index in [1.165, 1.54) is 31.5 Å². The number of aromatic nitrogens is 3. The third-order valence-corrected chi connectivity index (χ3v) is 3.78. The summed E-state index contributed by atoms with van der Waals surface area (Å²) in [6, 6.07) is 7.86. The zero-order valence-electron chi connectivity index (χ0n) is 13.7. The molecule has 0 bridgehead atoms. The van der Waals surface area contributed by atoms with E-state index in [1.807, 2.05) is 0 Å². The highest BCUT2D eigenvalue weighted by Crippen LogP contribution is 2.21. The zero-order valence-corrected chi connectivity index (χ0v) is 13.7. The summed E-state index contributed by atoms with van der Waals surface area (Å²) in [5.74, 6) is 0.278. The van der Waals surface area contributed by atoms with Gasteiger partial charge in [0, 0.05) is 18.3 Å². The summed E-state index contributed by atoms with van der Waals surface area (Å²) in [6.07, 6.45) is 1.53. The highest BCUT2D eigenvalue weighted by Gasteiger charge is 2.13. The Hall–Kier alpha value is -3.42. The van der Waals surface area contributed by atoms with Gasteiger partial charge in [-0.25, -0.2) is 9.78 Å². The summed E-state index contributed by atoms with van der Waals surface area (Å²) in [7, 11) is 1.48. The molecule has 3 rings (SSSR count). The minimum absolute atomic E-state index is 0.270. The molecule has 0 fully saturated rings. The molecule has 0 unspecified atom stereocenters. The van der Waals surface area contributed by atoms with Gasteiger partial charge in [0.1, 0.15) is 0 Å². The van der Waals surface area contributed by atoms with Gasteiger partial charge in [-0.15, -0.1) is 0 Å². The molecule has 25 heavy (non-hydrogen) atoms. The second-order valence-electron chi connectivity index (χ2n) is 5.25. The van der Waals surface area contributed by atoms with Crippen molar-refractivity contribution < 1.29 is 9.53 Å². The van der Waals surface area contributed by atoms with Crippen molar-refractivity contribution in [3.63, 3.8) is 0 Å². The van der Waals surface area contributed by atoms with Crippen LogP contribution in [0.5, 0.6) is 5.75 Å². The molecule has 0 aliphatic carbocycles. The first-order valence-corrected chi connectivity index (χ1v) is 7.62. The van der Waals surface area contributed by atoms with Crippen LogP contribution in [0.25, 0.3) is 10.9 Å². The number of carbonyl (C=O) groups excluding carboxylic acids is 1. The highest BCUT2D eigenvalue weighted by atomic mass is 16.5. The number of ether oxygens (including phenoxy) is 1. The van der Waals surface area contributed by atoms with Gasteiger partial charge in [0.05, 0.1) is 18.0 Å². The molecule has 0 saturated heterocycles. The van der Waals surface area contributed by atoms with Crippen LogP contribution in [0.4, 0.5) is 5.82 Å². The Bertz CT molecular complexity index is 1070. The lowest BCUT2D eigenvalue weighted by Crippen LogP contribution is -2.34. The van der Waals surface area contributed by atoms with E-state index in [0.717, 1.165) is 4.57 Å². The number of H-pyrrole nitrogens is 1. The number of hydrogen-bond donors (Lipinski definition) is 2. The van der Waals surface area contributed by atoms with Crippen molar-refractivity contribution in [3.05, 3.63) is 62.9 Å². The number of carbonyl (C=O) groups is 1. The predicted octanol–water partition coefficient (Wildman–Crippen LogP) is 1.37. The molecule has 1 aromatic carbocycles. The Morgan fingerprint density at radius 1 is 1.32 bits per heavy atom. The molecule has 8 nitrogen and oxygen atoms in total. The van der Waals surface area contributed by atoms with Gasteiger partial charge in [-0.3, -0.25) is 14.2 Å². The number of aromatic amines is 1. The highest BCUT2D eigenvalue weighted by molar-refractivity contribution is 6.06. The molecule has 2 aromatic heterocycles. The molecule has 2 N–H and O–H groups in total. The van der Waals surface area contributed by atoms with Crippen LogP contribution in [0.1, 0.15) is 17.3 Å². The summed E-state index contributed by atoms with van der Waals surface area (Å²) in [6.45, 7) is 1.98. The Labute approximate surface area is 142 Å². The second-order valence-corrected chi connectivity index (χ2v) is 5.25. The van der Waals surface area contributed by atoms with Gasteiger partial charge in [-0.05, 0) is 37.3 Å². The molecule has 0 saturated carbocycles. The van der Waals surface area contributed by atoms with E-state index >= 15 is 0 Å². The van der Waals surface area contributed by atoms with E-state index < -0.39 is 11.6 Å². The molecule has 0 aliphatic rings. The molecule has 3 aromatic rings. The molecule has 1 amide bonds. The van der Waals surface area contributed by atoms with Crippen LogP contribution in [-0.2, 0) is 6.54 Å². The number of rotatable bonds is 4. The van der Waals surface area contributed by atoms with E-state index in [1.54, 1.807) is 19.1 Å². The Balaban J connectivity index is 2.00. The first kappa shape index (κ1) is 16.4. The zero-order chi connectivity index (χ0) is 18.0. The molecule has 0 spiro atoms. The molecule has 8 heteroatoms. The first-order valence-electron chi connectivity index (χ1n) is 7.62. The summed E-state index contributed by atoms with van der Waals surface area (Å²) in [5, 5.41) is 2.98. The van der Waals surface area contributed by atoms with Crippen LogP contribution in [0.3, 0.4) is 0 Å². The number of methoxy groups -OCH3 is 1. The molecule has 2 heterocycles. The van der Waals surface area contributed by atoms with E-state index in [0.29, 0.717) is 16.7 Å². The van der Waals surface area contributed by atoms with Crippen molar-refractivity contribution in [2.45, 2.75) is 13.5 Å². The van der Waals surface area contributed by atoms with Gasteiger partial charge < -0.3 is 15.0 Å². The lowest BCUT2D eigenvalue weighted by atomic mass is 10.1. The maximum absolute atomic E-state index is 12.4.